The van der Waals surface area contributed by atoms with Gasteiger partial charge in [0.1, 0.15) is 36.0 Å². The molecule has 2 saturated heterocycles. The fraction of sp³-hybridized carbons (Fsp3) is 0.736. The molecule has 18 nitrogen and oxygen atoms in total. The van der Waals surface area contributed by atoms with E-state index in [1.807, 2.05) is 6.92 Å². The summed E-state index contributed by atoms with van der Waals surface area (Å²) in [7, 11) is 0. The third kappa shape index (κ3) is 23.9. The number of aliphatic imine (C=N–C) groups is 1. The number of hydrogen-bond acceptors (Lipinski definition) is 11. The summed E-state index contributed by atoms with van der Waals surface area (Å²) in [5.74, 6) is -0.608. The average molecular weight is 998 g/mol. The molecule has 1 aromatic carbocycles. The van der Waals surface area contributed by atoms with Crippen LogP contribution in [0.4, 0.5) is 0 Å². The first-order valence-corrected chi connectivity index (χ1v) is 26.7. The SMILES string of the molecule is CCC(C)CC(C)CCCCCCCCC(=O)N=C(C)CCCNC(=O)C1CCCN1C(=O)C(CCCN)NC(=O)C(CCc1ccc(O)cc1)NC(=O)C1CCCN1C(=O)C(CC)NC=O.NCCO. The first-order valence-electron chi connectivity index (χ1n) is 26.7. The lowest BCUT2D eigenvalue weighted by Crippen LogP contribution is -2.58. The van der Waals surface area contributed by atoms with Gasteiger partial charge in [0.15, 0.2) is 0 Å². The Hall–Kier alpha value is -4.94. The van der Waals surface area contributed by atoms with Crippen LogP contribution in [0.3, 0.4) is 0 Å². The minimum atomic E-state index is -1.10. The van der Waals surface area contributed by atoms with Crippen molar-refractivity contribution in [1.82, 2.24) is 31.1 Å². The van der Waals surface area contributed by atoms with Gasteiger partial charge in [0, 0.05) is 38.3 Å². The molecule has 7 atom stereocenters. The Labute approximate surface area is 424 Å². The molecule has 2 aliphatic rings. The summed E-state index contributed by atoms with van der Waals surface area (Å²) in [5, 5.41) is 28.8. The van der Waals surface area contributed by atoms with Crippen molar-refractivity contribution in [3.05, 3.63) is 29.8 Å². The Morgan fingerprint density at radius 3 is 1.93 bits per heavy atom. The molecular formula is C53H91N9O9. The van der Waals surface area contributed by atoms with Crippen LogP contribution in [0.5, 0.6) is 5.75 Å². The number of carbonyl (C=O) groups excluding carboxylic acids is 7. The maximum absolute atomic E-state index is 14.2. The van der Waals surface area contributed by atoms with Crippen LogP contribution < -0.4 is 32.7 Å². The van der Waals surface area contributed by atoms with E-state index in [-0.39, 0.29) is 49.5 Å². The van der Waals surface area contributed by atoms with Gasteiger partial charge in [0.25, 0.3) is 0 Å². The van der Waals surface area contributed by atoms with E-state index >= 15 is 0 Å². The Balaban J connectivity index is 0.00000415. The fourth-order valence-corrected chi connectivity index (χ4v) is 9.26. The van der Waals surface area contributed by atoms with Crippen LogP contribution in [0.25, 0.3) is 0 Å². The molecule has 1 aromatic rings. The average Bonchev–Trinajstić information content (AvgIpc) is 4.07. The van der Waals surface area contributed by atoms with Crippen molar-refractivity contribution < 1.29 is 43.8 Å². The number of unbranched alkanes of at least 4 members (excludes halogenated alkanes) is 5. The zero-order valence-electron chi connectivity index (χ0n) is 43.8. The predicted molar refractivity (Wildman–Crippen MR) is 278 cm³/mol. The van der Waals surface area contributed by atoms with Crippen molar-refractivity contribution in [2.75, 3.05) is 39.3 Å². The summed E-state index contributed by atoms with van der Waals surface area (Å²) in [5.41, 5.74) is 12.2. The van der Waals surface area contributed by atoms with Gasteiger partial charge in [-0.1, -0.05) is 84.8 Å². The van der Waals surface area contributed by atoms with Gasteiger partial charge in [-0.25, -0.2) is 4.99 Å². The second-order valence-electron chi connectivity index (χ2n) is 19.5. The van der Waals surface area contributed by atoms with E-state index in [1.54, 1.807) is 19.1 Å². The number of aryl methyl sites for hydroxylation is 1. The molecule has 2 aliphatic heterocycles. The van der Waals surface area contributed by atoms with Gasteiger partial charge in [-0.05, 0) is 126 Å². The molecule has 0 radical (unpaired) electrons. The van der Waals surface area contributed by atoms with Gasteiger partial charge < -0.3 is 52.7 Å². The number of aliphatic hydroxyl groups is 1. The molecular weight excluding hydrogens is 907 g/mol. The number of rotatable bonds is 33. The van der Waals surface area contributed by atoms with Gasteiger partial charge in [-0.3, -0.25) is 33.6 Å². The van der Waals surface area contributed by atoms with E-state index in [1.165, 1.54) is 60.5 Å². The van der Waals surface area contributed by atoms with Crippen LogP contribution in [0, 0.1) is 11.8 Å². The van der Waals surface area contributed by atoms with E-state index in [9.17, 15) is 38.7 Å². The summed E-state index contributed by atoms with van der Waals surface area (Å²) < 4.78 is 0. The Kier molecular flexibility index (Phi) is 31.6. The van der Waals surface area contributed by atoms with E-state index in [4.69, 9.17) is 16.6 Å². The van der Waals surface area contributed by atoms with Crippen molar-refractivity contribution in [2.45, 2.75) is 200 Å². The number of benzene rings is 1. The molecule has 10 N–H and O–H groups in total. The Morgan fingerprint density at radius 2 is 1.34 bits per heavy atom. The summed E-state index contributed by atoms with van der Waals surface area (Å²) >= 11 is 0. The molecule has 71 heavy (non-hydrogen) atoms. The van der Waals surface area contributed by atoms with E-state index in [0.717, 1.165) is 42.4 Å². The van der Waals surface area contributed by atoms with Crippen molar-refractivity contribution in [2.24, 2.45) is 28.3 Å². The number of carbonyl (C=O) groups is 7. The number of phenols is 1. The van der Waals surface area contributed by atoms with Crippen molar-refractivity contribution in [1.29, 1.82) is 0 Å². The maximum atomic E-state index is 14.2. The van der Waals surface area contributed by atoms with E-state index < -0.39 is 47.9 Å². The molecule has 0 aromatic heterocycles. The minimum absolute atomic E-state index is 0.0873. The molecule has 3 rings (SSSR count). The lowest BCUT2D eigenvalue weighted by Gasteiger charge is -2.31. The zero-order chi connectivity index (χ0) is 52.6. The molecule has 18 heteroatoms. The summed E-state index contributed by atoms with van der Waals surface area (Å²) in [6, 6.07) is 2.03. The van der Waals surface area contributed by atoms with Gasteiger partial charge >= 0.3 is 0 Å². The van der Waals surface area contributed by atoms with Crippen LogP contribution in [0.1, 0.15) is 169 Å². The van der Waals surface area contributed by atoms with Crippen LogP contribution in [0.2, 0.25) is 0 Å². The molecule has 0 saturated carbocycles. The number of nitrogens with one attached hydrogen (secondary N) is 4. The first kappa shape index (κ1) is 62.2. The van der Waals surface area contributed by atoms with Gasteiger partial charge in [0.05, 0.1) is 6.61 Å². The third-order valence-corrected chi connectivity index (χ3v) is 13.6. The van der Waals surface area contributed by atoms with Gasteiger partial charge in [0.2, 0.25) is 41.9 Å². The zero-order valence-corrected chi connectivity index (χ0v) is 43.8. The Bertz CT molecular complexity index is 1780. The highest BCUT2D eigenvalue weighted by Gasteiger charge is 2.40. The number of phenolic OH excluding ortho intramolecular Hbond substituents is 1. The monoisotopic (exact) mass is 998 g/mol. The van der Waals surface area contributed by atoms with Crippen molar-refractivity contribution in [3.63, 3.8) is 0 Å². The van der Waals surface area contributed by atoms with Crippen LogP contribution in [-0.4, -0.2) is 137 Å². The van der Waals surface area contributed by atoms with Crippen molar-refractivity contribution in [3.8, 4) is 5.75 Å². The summed E-state index contributed by atoms with van der Waals surface area (Å²) in [6.45, 7) is 12.3. The van der Waals surface area contributed by atoms with E-state index in [0.29, 0.717) is 96.8 Å². The topological polar surface area (TPSA) is 279 Å². The number of aliphatic hydroxyl groups excluding tert-OH is 1. The Morgan fingerprint density at radius 1 is 0.732 bits per heavy atom. The highest BCUT2D eigenvalue weighted by molar-refractivity contribution is 5.97. The lowest BCUT2D eigenvalue weighted by molar-refractivity contribution is -0.143. The highest BCUT2D eigenvalue weighted by Crippen LogP contribution is 2.23. The number of amides is 7. The largest absolute Gasteiger partial charge is 0.508 e. The smallest absolute Gasteiger partial charge is 0.245 e. The van der Waals surface area contributed by atoms with E-state index in [2.05, 4.69) is 47.0 Å². The number of nitrogens with zero attached hydrogens (tertiary/aromatic N) is 3. The third-order valence-electron chi connectivity index (χ3n) is 13.6. The maximum Gasteiger partial charge on any atom is 0.245 e. The number of nitrogens with two attached hydrogens (primary N) is 2. The molecule has 0 bridgehead atoms. The number of aromatic hydroxyl groups is 1. The first-order chi connectivity index (χ1) is 34.1. The minimum Gasteiger partial charge on any atom is -0.508 e. The summed E-state index contributed by atoms with van der Waals surface area (Å²) in [4.78, 5) is 100. The second-order valence-corrected chi connectivity index (χ2v) is 19.5. The van der Waals surface area contributed by atoms with Crippen LogP contribution in [-0.2, 0) is 40.0 Å². The lowest BCUT2D eigenvalue weighted by atomic mass is 9.91. The fourth-order valence-electron chi connectivity index (χ4n) is 9.26. The quantitative estimate of drug-likeness (QED) is 0.0275. The second kappa shape index (κ2) is 36.0. The normalized spacial score (nSPS) is 17.8. The molecule has 2 heterocycles. The summed E-state index contributed by atoms with van der Waals surface area (Å²) in [6.07, 6.45) is 16.1. The predicted octanol–water partition coefficient (Wildman–Crippen LogP) is 4.55. The number of likely N-dealkylation sites (tertiary alicyclic amines) is 2. The van der Waals surface area contributed by atoms with Crippen LogP contribution in [0.15, 0.2) is 29.3 Å². The van der Waals surface area contributed by atoms with Crippen molar-refractivity contribution >= 4 is 47.6 Å². The molecule has 2 fully saturated rings. The highest BCUT2D eigenvalue weighted by atomic mass is 16.3. The standard InChI is InChI=1S/C51H84N8O8.C2H7NO/c1-6-36(3)34-37(4)18-12-10-8-9-11-13-23-46(62)55-38(5)19-15-31-53-48(64)44-21-16-32-58(44)51(67)43(20-14-30-52)57-47(63)42(29-26-39-24-27-40(61)28-25-39)56-49(65)45-22-17-33-59(45)50(66)41(7-2)54-35-60;3-1-2-4/h24-25,27-28,35-37,41-45,61H,6-23,26,29-34,52H2,1-5H3,(H,53,64)(H,54,60)(H,56,65)(H,57,63);4H,1-3H2. The van der Waals surface area contributed by atoms with Gasteiger partial charge in [-0.15, -0.1) is 0 Å². The number of hydrogen-bond donors (Lipinski definition) is 8. The molecule has 0 spiro atoms. The molecule has 7 unspecified atom stereocenters. The molecule has 0 aliphatic carbocycles. The molecule has 7 amide bonds. The van der Waals surface area contributed by atoms with Gasteiger partial charge in [-0.2, -0.15) is 0 Å². The van der Waals surface area contributed by atoms with Crippen LogP contribution >= 0.6 is 0 Å². The molecule has 402 valence electrons.